The van der Waals surface area contributed by atoms with E-state index in [1.807, 2.05) is 0 Å². The average Bonchev–Trinajstić information content (AvgIpc) is 2.21. The van der Waals surface area contributed by atoms with Gasteiger partial charge in [-0.2, -0.15) is 0 Å². The standard InChI is InChI=1S/C12H25NO2/c1-10-3-5-11(6-4-10)13-8-7-12(14)9-15-2/h10-14H,3-9H2,1-2H3. The van der Waals surface area contributed by atoms with E-state index in [1.165, 1.54) is 25.7 Å². The maximum Gasteiger partial charge on any atom is 0.0785 e. The van der Waals surface area contributed by atoms with Crippen LogP contribution in [-0.2, 0) is 4.74 Å². The molecule has 0 aliphatic heterocycles. The van der Waals surface area contributed by atoms with Gasteiger partial charge < -0.3 is 15.2 Å². The highest BCUT2D eigenvalue weighted by atomic mass is 16.5. The molecule has 1 fully saturated rings. The van der Waals surface area contributed by atoms with Gasteiger partial charge in [0.1, 0.15) is 0 Å². The van der Waals surface area contributed by atoms with Crippen LogP contribution in [0, 0.1) is 5.92 Å². The summed E-state index contributed by atoms with van der Waals surface area (Å²) in [7, 11) is 1.62. The molecule has 1 aliphatic carbocycles. The first-order valence-corrected chi connectivity index (χ1v) is 6.12. The molecule has 1 unspecified atom stereocenters. The number of hydrogen-bond donors (Lipinski definition) is 2. The predicted octanol–water partition coefficient (Wildman–Crippen LogP) is 1.55. The number of aliphatic hydroxyl groups is 1. The van der Waals surface area contributed by atoms with Gasteiger partial charge in [-0.1, -0.05) is 6.92 Å². The van der Waals surface area contributed by atoms with Gasteiger partial charge >= 0.3 is 0 Å². The molecule has 0 aromatic carbocycles. The quantitative estimate of drug-likeness (QED) is 0.706. The van der Waals surface area contributed by atoms with Crippen molar-refractivity contribution in [2.75, 3.05) is 20.3 Å². The Kier molecular flexibility index (Phi) is 6.22. The van der Waals surface area contributed by atoms with E-state index in [0.717, 1.165) is 18.9 Å². The molecule has 2 N–H and O–H groups in total. The maximum absolute atomic E-state index is 9.46. The van der Waals surface area contributed by atoms with Crippen LogP contribution in [-0.4, -0.2) is 37.5 Å². The molecule has 90 valence electrons. The zero-order valence-corrected chi connectivity index (χ0v) is 10.0. The molecule has 0 heterocycles. The van der Waals surface area contributed by atoms with Gasteiger partial charge in [-0.15, -0.1) is 0 Å². The molecule has 1 rings (SSSR count). The second-order valence-corrected chi connectivity index (χ2v) is 4.81. The largest absolute Gasteiger partial charge is 0.391 e. The Balaban J connectivity index is 2.00. The molecular formula is C12H25NO2. The van der Waals surface area contributed by atoms with Gasteiger partial charge in [0.05, 0.1) is 12.7 Å². The van der Waals surface area contributed by atoms with Crippen LogP contribution in [0.2, 0.25) is 0 Å². The number of aliphatic hydroxyl groups excluding tert-OH is 1. The van der Waals surface area contributed by atoms with Gasteiger partial charge in [0, 0.05) is 13.2 Å². The van der Waals surface area contributed by atoms with E-state index in [1.54, 1.807) is 7.11 Å². The summed E-state index contributed by atoms with van der Waals surface area (Å²) in [6.07, 6.45) is 5.75. The molecule has 3 heteroatoms. The summed E-state index contributed by atoms with van der Waals surface area (Å²) in [4.78, 5) is 0. The molecule has 15 heavy (non-hydrogen) atoms. The van der Waals surface area contributed by atoms with Crippen molar-refractivity contribution in [2.45, 2.75) is 51.2 Å². The normalized spacial score (nSPS) is 29.0. The van der Waals surface area contributed by atoms with Crippen LogP contribution < -0.4 is 5.32 Å². The summed E-state index contributed by atoms with van der Waals surface area (Å²) >= 11 is 0. The molecule has 0 saturated heterocycles. The fourth-order valence-electron chi connectivity index (χ4n) is 2.19. The molecule has 1 saturated carbocycles. The number of methoxy groups -OCH3 is 1. The Bertz CT molecular complexity index is 156. The molecule has 0 aromatic heterocycles. The van der Waals surface area contributed by atoms with Crippen molar-refractivity contribution >= 4 is 0 Å². The minimum absolute atomic E-state index is 0.315. The van der Waals surface area contributed by atoms with Gasteiger partial charge in [0.2, 0.25) is 0 Å². The fraction of sp³-hybridized carbons (Fsp3) is 1.00. The molecule has 0 radical (unpaired) electrons. The first-order chi connectivity index (χ1) is 7.22. The Morgan fingerprint density at radius 1 is 1.33 bits per heavy atom. The molecule has 3 nitrogen and oxygen atoms in total. The van der Waals surface area contributed by atoms with E-state index in [-0.39, 0.29) is 6.10 Å². The van der Waals surface area contributed by atoms with Crippen LogP contribution in [0.4, 0.5) is 0 Å². The van der Waals surface area contributed by atoms with Crippen molar-refractivity contribution < 1.29 is 9.84 Å². The van der Waals surface area contributed by atoms with E-state index in [9.17, 15) is 5.11 Å². The smallest absolute Gasteiger partial charge is 0.0785 e. The second-order valence-electron chi connectivity index (χ2n) is 4.81. The van der Waals surface area contributed by atoms with E-state index in [2.05, 4.69) is 12.2 Å². The Hall–Kier alpha value is -0.120. The fourth-order valence-corrected chi connectivity index (χ4v) is 2.19. The number of hydrogen-bond acceptors (Lipinski definition) is 3. The van der Waals surface area contributed by atoms with Gasteiger partial charge in [-0.05, 0) is 44.6 Å². The van der Waals surface area contributed by atoms with E-state index < -0.39 is 0 Å². The lowest BCUT2D eigenvalue weighted by Crippen LogP contribution is -2.35. The number of rotatable bonds is 6. The molecule has 1 atom stereocenters. The highest BCUT2D eigenvalue weighted by molar-refractivity contribution is 4.75. The Morgan fingerprint density at radius 3 is 2.60 bits per heavy atom. The highest BCUT2D eigenvalue weighted by Crippen LogP contribution is 2.23. The summed E-state index contributed by atoms with van der Waals surface area (Å²) < 4.78 is 4.88. The van der Waals surface area contributed by atoms with Crippen molar-refractivity contribution in [3.63, 3.8) is 0 Å². The second kappa shape index (κ2) is 7.20. The zero-order chi connectivity index (χ0) is 11.1. The van der Waals surface area contributed by atoms with Crippen molar-refractivity contribution in [3.8, 4) is 0 Å². The van der Waals surface area contributed by atoms with Gasteiger partial charge in [0.25, 0.3) is 0 Å². The molecular weight excluding hydrogens is 190 g/mol. The summed E-state index contributed by atoms with van der Waals surface area (Å²) in [5, 5.41) is 13.0. The lowest BCUT2D eigenvalue weighted by molar-refractivity contribution is 0.0586. The van der Waals surface area contributed by atoms with Crippen LogP contribution in [0.25, 0.3) is 0 Å². The molecule has 0 amide bonds. The van der Waals surface area contributed by atoms with Crippen molar-refractivity contribution in [1.29, 1.82) is 0 Å². The third-order valence-corrected chi connectivity index (χ3v) is 3.29. The maximum atomic E-state index is 9.46. The van der Waals surface area contributed by atoms with Crippen molar-refractivity contribution in [2.24, 2.45) is 5.92 Å². The summed E-state index contributed by atoms with van der Waals surface area (Å²) in [6, 6.07) is 0.677. The van der Waals surface area contributed by atoms with E-state index in [4.69, 9.17) is 4.74 Å². The van der Waals surface area contributed by atoms with Crippen molar-refractivity contribution in [3.05, 3.63) is 0 Å². The van der Waals surface area contributed by atoms with Gasteiger partial charge in [0.15, 0.2) is 0 Å². The lowest BCUT2D eigenvalue weighted by Gasteiger charge is -2.27. The Morgan fingerprint density at radius 2 is 2.00 bits per heavy atom. The van der Waals surface area contributed by atoms with Crippen molar-refractivity contribution in [1.82, 2.24) is 5.32 Å². The van der Waals surface area contributed by atoms with Crippen LogP contribution in [0.5, 0.6) is 0 Å². The van der Waals surface area contributed by atoms with Crippen LogP contribution in [0.1, 0.15) is 39.0 Å². The summed E-state index contributed by atoms with van der Waals surface area (Å²) in [5.41, 5.74) is 0. The van der Waals surface area contributed by atoms with Gasteiger partial charge in [-0.3, -0.25) is 0 Å². The summed E-state index contributed by atoms with van der Waals surface area (Å²) in [5.74, 6) is 0.905. The first-order valence-electron chi connectivity index (χ1n) is 6.12. The molecule has 0 aromatic rings. The third-order valence-electron chi connectivity index (χ3n) is 3.29. The monoisotopic (exact) mass is 215 g/mol. The predicted molar refractivity (Wildman–Crippen MR) is 61.9 cm³/mol. The van der Waals surface area contributed by atoms with E-state index >= 15 is 0 Å². The average molecular weight is 215 g/mol. The SMILES string of the molecule is COCC(O)CCNC1CCC(C)CC1. The minimum atomic E-state index is -0.315. The van der Waals surface area contributed by atoms with E-state index in [0.29, 0.717) is 12.6 Å². The molecule has 1 aliphatic rings. The lowest BCUT2D eigenvalue weighted by atomic mass is 9.87. The van der Waals surface area contributed by atoms with Gasteiger partial charge in [-0.25, -0.2) is 0 Å². The first kappa shape index (κ1) is 12.9. The van der Waals surface area contributed by atoms with Crippen LogP contribution in [0.3, 0.4) is 0 Å². The highest BCUT2D eigenvalue weighted by Gasteiger charge is 2.17. The third kappa shape index (κ3) is 5.50. The number of ether oxygens (including phenoxy) is 1. The minimum Gasteiger partial charge on any atom is -0.391 e. The topological polar surface area (TPSA) is 41.5 Å². The number of nitrogens with one attached hydrogen (secondary N) is 1. The molecule has 0 bridgehead atoms. The Labute approximate surface area is 93.2 Å². The zero-order valence-electron chi connectivity index (χ0n) is 10.0. The van der Waals surface area contributed by atoms with Crippen LogP contribution in [0.15, 0.2) is 0 Å². The molecule has 0 spiro atoms. The summed E-state index contributed by atoms with van der Waals surface area (Å²) in [6.45, 7) is 3.69. The van der Waals surface area contributed by atoms with Crippen LogP contribution >= 0.6 is 0 Å².